The molecule has 1 aliphatic rings. The minimum atomic E-state index is 0.0788. The van der Waals surface area contributed by atoms with Crippen LogP contribution in [0.25, 0.3) is 17.0 Å². The number of rotatable bonds is 2. The van der Waals surface area contributed by atoms with Gasteiger partial charge >= 0.3 is 0 Å². The van der Waals surface area contributed by atoms with Gasteiger partial charge in [0.15, 0.2) is 0 Å². The average Bonchev–Trinajstić information content (AvgIpc) is 2.87. The summed E-state index contributed by atoms with van der Waals surface area (Å²) in [6.07, 6.45) is 6.80. The number of piperidine rings is 1. The number of hydrogen-bond acceptors (Lipinski definition) is 2. The van der Waals surface area contributed by atoms with E-state index in [1.807, 2.05) is 35.2 Å². The lowest BCUT2D eigenvalue weighted by Gasteiger charge is -2.38. The molecule has 1 aliphatic heterocycles. The van der Waals surface area contributed by atoms with Gasteiger partial charge < -0.3 is 9.32 Å². The van der Waals surface area contributed by atoms with Gasteiger partial charge in [-0.1, -0.05) is 18.2 Å². The van der Waals surface area contributed by atoms with Crippen LogP contribution in [-0.2, 0) is 4.79 Å². The summed E-state index contributed by atoms with van der Waals surface area (Å²) in [7, 11) is 0. The molecule has 1 fully saturated rings. The highest BCUT2D eigenvalue weighted by molar-refractivity contribution is 5.92. The Morgan fingerprint density at radius 2 is 1.95 bits per heavy atom. The third kappa shape index (κ3) is 2.87. The van der Waals surface area contributed by atoms with Gasteiger partial charge in [-0.3, -0.25) is 4.79 Å². The Morgan fingerprint density at radius 1 is 1.24 bits per heavy atom. The molecule has 2 unspecified atom stereocenters. The number of para-hydroxylation sites is 1. The first-order chi connectivity index (χ1) is 10.1. The van der Waals surface area contributed by atoms with Crippen molar-refractivity contribution in [3.05, 3.63) is 42.2 Å². The van der Waals surface area contributed by atoms with E-state index in [-0.39, 0.29) is 5.91 Å². The van der Waals surface area contributed by atoms with E-state index in [1.54, 1.807) is 12.2 Å². The van der Waals surface area contributed by atoms with Crippen molar-refractivity contribution in [3.8, 4) is 0 Å². The molecule has 2 atom stereocenters. The van der Waals surface area contributed by atoms with Gasteiger partial charge in [-0.2, -0.15) is 0 Å². The Bertz CT molecular complexity index is 628. The number of carbonyl (C=O) groups excluding carboxylic acids is 1. The Labute approximate surface area is 125 Å². The van der Waals surface area contributed by atoms with Crippen molar-refractivity contribution >= 4 is 23.0 Å². The summed E-state index contributed by atoms with van der Waals surface area (Å²) in [6.45, 7) is 4.26. The van der Waals surface area contributed by atoms with Crippen LogP contribution in [0.1, 0.15) is 38.9 Å². The lowest BCUT2D eigenvalue weighted by atomic mass is 9.97. The van der Waals surface area contributed by atoms with Crippen LogP contribution < -0.4 is 0 Å². The van der Waals surface area contributed by atoms with E-state index in [9.17, 15) is 4.79 Å². The minimum Gasteiger partial charge on any atom is -0.457 e. The molecule has 1 saturated heterocycles. The molecule has 3 heteroatoms. The number of benzene rings is 1. The number of carbonyl (C=O) groups is 1. The lowest BCUT2D eigenvalue weighted by Crippen LogP contribution is -2.46. The molecule has 21 heavy (non-hydrogen) atoms. The van der Waals surface area contributed by atoms with E-state index >= 15 is 0 Å². The van der Waals surface area contributed by atoms with Gasteiger partial charge in [0.1, 0.15) is 11.3 Å². The Hall–Kier alpha value is -2.03. The molecule has 0 aliphatic carbocycles. The normalized spacial score (nSPS) is 23.0. The second-order valence-corrected chi connectivity index (χ2v) is 5.89. The largest absolute Gasteiger partial charge is 0.457 e. The molecular formula is C18H21NO2. The smallest absolute Gasteiger partial charge is 0.247 e. The second-order valence-electron chi connectivity index (χ2n) is 5.89. The molecule has 2 heterocycles. The molecule has 3 nitrogen and oxygen atoms in total. The molecule has 0 N–H and O–H groups in total. The third-order valence-corrected chi connectivity index (χ3v) is 4.28. The van der Waals surface area contributed by atoms with Crippen molar-refractivity contribution in [1.82, 2.24) is 4.90 Å². The first-order valence-electron chi connectivity index (χ1n) is 7.64. The fraction of sp³-hybridized carbons (Fsp3) is 0.389. The van der Waals surface area contributed by atoms with Crippen LogP contribution in [0, 0.1) is 0 Å². The summed E-state index contributed by atoms with van der Waals surface area (Å²) in [5, 5.41) is 1.06. The van der Waals surface area contributed by atoms with Crippen LogP contribution in [0.5, 0.6) is 0 Å². The summed E-state index contributed by atoms with van der Waals surface area (Å²) < 4.78 is 5.70. The predicted octanol–water partition coefficient (Wildman–Crippen LogP) is 4.24. The van der Waals surface area contributed by atoms with Crippen molar-refractivity contribution in [2.24, 2.45) is 0 Å². The van der Waals surface area contributed by atoms with Crippen molar-refractivity contribution in [2.45, 2.75) is 45.2 Å². The molecular weight excluding hydrogens is 262 g/mol. The summed E-state index contributed by atoms with van der Waals surface area (Å²) in [4.78, 5) is 14.4. The van der Waals surface area contributed by atoms with Crippen LogP contribution in [-0.4, -0.2) is 22.9 Å². The summed E-state index contributed by atoms with van der Waals surface area (Å²) >= 11 is 0. The van der Waals surface area contributed by atoms with Gasteiger partial charge in [-0.15, -0.1) is 0 Å². The lowest BCUT2D eigenvalue weighted by molar-refractivity contribution is -0.131. The Morgan fingerprint density at radius 3 is 2.67 bits per heavy atom. The van der Waals surface area contributed by atoms with E-state index in [2.05, 4.69) is 13.8 Å². The van der Waals surface area contributed by atoms with Gasteiger partial charge in [0, 0.05) is 23.5 Å². The first kappa shape index (κ1) is 13.9. The quantitative estimate of drug-likeness (QED) is 0.773. The highest BCUT2D eigenvalue weighted by Gasteiger charge is 2.27. The van der Waals surface area contributed by atoms with Gasteiger partial charge in [0.25, 0.3) is 0 Å². The minimum absolute atomic E-state index is 0.0788. The van der Waals surface area contributed by atoms with Gasteiger partial charge in [-0.25, -0.2) is 0 Å². The van der Waals surface area contributed by atoms with E-state index in [0.717, 1.165) is 29.6 Å². The molecule has 0 bridgehead atoms. The molecule has 1 amide bonds. The molecule has 1 aromatic heterocycles. The van der Waals surface area contributed by atoms with E-state index in [1.165, 1.54) is 6.42 Å². The monoisotopic (exact) mass is 283 g/mol. The fourth-order valence-electron chi connectivity index (χ4n) is 3.18. The van der Waals surface area contributed by atoms with Crippen molar-refractivity contribution in [3.63, 3.8) is 0 Å². The van der Waals surface area contributed by atoms with E-state index in [0.29, 0.717) is 12.1 Å². The second kappa shape index (κ2) is 5.76. The summed E-state index contributed by atoms with van der Waals surface area (Å²) in [6, 6.07) is 10.5. The van der Waals surface area contributed by atoms with Crippen LogP contribution in [0.15, 0.2) is 40.8 Å². The number of likely N-dealkylation sites (tertiary alicyclic amines) is 1. The maximum absolute atomic E-state index is 12.4. The van der Waals surface area contributed by atoms with Crippen LogP contribution >= 0.6 is 0 Å². The number of fused-ring (bicyclic) bond motifs is 1. The summed E-state index contributed by atoms with van der Waals surface area (Å²) in [5.41, 5.74) is 0.851. The molecule has 0 saturated carbocycles. The highest BCUT2D eigenvalue weighted by atomic mass is 16.3. The first-order valence-corrected chi connectivity index (χ1v) is 7.64. The SMILES string of the molecule is CC1CCCC(C)N1C(=O)/C=C/c1cc2ccccc2o1. The zero-order chi connectivity index (χ0) is 14.8. The zero-order valence-electron chi connectivity index (χ0n) is 12.6. The topological polar surface area (TPSA) is 33.5 Å². The molecule has 0 spiro atoms. The van der Waals surface area contributed by atoms with Gasteiger partial charge in [0.2, 0.25) is 5.91 Å². The van der Waals surface area contributed by atoms with Gasteiger partial charge in [-0.05, 0) is 51.3 Å². The predicted molar refractivity (Wildman–Crippen MR) is 84.9 cm³/mol. The Kier molecular flexibility index (Phi) is 3.82. The van der Waals surface area contributed by atoms with E-state index < -0.39 is 0 Å². The van der Waals surface area contributed by atoms with Crippen molar-refractivity contribution < 1.29 is 9.21 Å². The molecule has 2 aromatic rings. The van der Waals surface area contributed by atoms with Crippen molar-refractivity contribution in [1.29, 1.82) is 0 Å². The number of amides is 1. The van der Waals surface area contributed by atoms with Crippen LogP contribution in [0.4, 0.5) is 0 Å². The van der Waals surface area contributed by atoms with Gasteiger partial charge in [0.05, 0.1) is 0 Å². The number of hydrogen-bond donors (Lipinski definition) is 0. The molecule has 1 aromatic carbocycles. The van der Waals surface area contributed by atoms with Crippen LogP contribution in [0.3, 0.4) is 0 Å². The standard InChI is InChI=1S/C18H21NO2/c1-13-6-5-7-14(2)19(13)18(20)11-10-16-12-15-8-3-4-9-17(15)21-16/h3-4,8-14H,5-7H2,1-2H3/b11-10+. The zero-order valence-corrected chi connectivity index (χ0v) is 12.6. The third-order valence-electron chi connectivity index (χ3n) is 4.28. The van der Waals surface area contributed by atoms with Crippen molar-refractivity contribution in [2.75, 3.05) is 0 Å². The van der Waals surface area contributed by atoms with Crippen LogP contribution in [0.2, 0.25) is 0 Å². The molecule has 110 valence electrons. The average molecular weight is 283 g/mol. The number of furan rings is 1. The Balaban J connectivity index is 1.76. The summed E-state index contributed by atoms with van der Waals surface area (Å²) in [5.74, 6) is 0.803. The molecule has 0 radical (unpaired) electrons. The van der Waals surface area contributed by atoms with E-state index in [4.69, 9.17) is 4.42 Å². The number of nitrogens with zero attached hydrogens (tertiary/aromatic N) is 1. The fourth-order valence-corrected chi connectivity index (χ4v) is 3.18. The highest BCUT2D eigenvalue weighted by Crippen LogP contribution is 2.24. The maximum atomic E-state index is 12.4. The molecule has 3 rings (SSSR count). The maximum Gasteiger partial charge on any atom is 0.247 e.